The maximum Gasteiger partial charge on any atom is 0.323 e. The number of carboxylic acids is 1. The van der Waals surface area contributed by atoms with E-state index in [1.54, 1.807) is 6.92 Å². The molecule has 2 atom stereocenters. The van der Waals surface area contributed by atoms with Gasteiger partial charge in [0.15, 0.2) is 0 Å². The largest absolute Gasteiger partial charge is 0.480 e. The fourth-order valence-electron chi connectivity index (χ4n) is 1.10. The van der Waals surface area contributed by atoms with Crippen LogP contribution in [0.15, 0.2) is 0 Å². The summed E-state index contributed by atoms with van der Waals surface area (Å²) >= 11 is 1.95. The van der Waals surface area contributed by atoms with E-state index in [0.29, 0.717) is 11.7 Å². The third-order valence-electron chi connectivity index (χ3n) is 2.56. The molecule has 0 aromatic carbocycles. The fourth-order valence-corrected chi connectivity index (χ4v) is 2.11. The molecular formula is C11H23NO2S. The fraction of sp³-hybridized carbons (Fsp3) is 0.909. The number of rotatable bonds is 8. The van der Waals surface area contributed by atoms with E-state index in [2.05, 4.69) is 13.8 Å². The summed E-state index contributed by atoms with van der Waals surface area (Å²) in [4.78, 5) is 10.7. The molecule has 3 nitrogen and oxygen atoms in total. The van der Waals surface area contributed by atoms with E-state index in [4.69, 9.17) is 10.8 Å². The van der Waals surface area contributed by atoms with Crippen molar-refractivity contribution in [2.45, 2.75) is 57.2 Å². The summed E-state index contributed by atoms with van der Waals surface area (Å²) in [6.07, 6.45) is 3.69. The number of thioether (sulfide) groups is 1. The third kappa shape index (κ3) is 6.79. The Morgan fingerprint density at radius 3 is 2.60 bits per heavy atom. The first kappa shape index (κ1) is 14.8. The van der Waals surface area contributed by atoms with Gasteiger partial charge in [0, 0.05) is 5.25 Å². The molecule has 0 aliphatic heterocycles. The SMILES string of the molecule is CCC(C)SCCCCC(C)(N)C(=O)O. The van der Waals surface area contributed by atoms with Crippen LogP contribution in [0, 0.1) is 0 Å². The Kier molecular flexibility index (Phi) is 7.02. The molecule has 0 amide bonds. The van der Waals surface area contributed by atoms with Crippen LogP contribution in [0.3, 0.4) is 0 Å². The van der Waals surface area contributed by atoms with Crippen molar-refractivity contribution in [3.63, 3.8) is 0 Å². The number of aliphatic carboxylic acids is 1. The number of carboxylic acid groups (broad SMARTS) is 1. The predicted molar refractivity (Wildman–Crippen MR) is 66.3 cm³/mol. The second-order valence-corrected chi connectivity index (χ2v) is 5.82. The minimum atomic E-state index is -1.05. The first-order valence-corrected chi connectivity index (χ1v) is 6.59. The van der Waals surface area contributed by atoms with E-state index in [9.17, 15) is 4.79 Å². The van der Waals surface area contributed by atoms with E-state index < -0.39 is 11.5 Å². The molecule has 4 heteroatoms. The summed E-state index contributed by atoms with van der Waals surface area (Å²) in [5.41, 5.74) is 4.57. The van der Waals surface area contributed by atoms with Gasteiger partial charge in [0.05, 0.1) is 0 Å². The maximum absolute atomic E-state index is 10.7. The Hall–Kier alpha value is -0.220. The van der Waals surface area contributed by atoms with Gasteiger partial charge in [-0.1, -0.05) is 20.3 Å². The molecule has 0 spiro atoms. The van der Waals surface area contributed by atoms with Crippen molar-refractivity contribution < 1.29 is 9.90 Å². The molecule has 0 heterocycles. The van der Waals surface area contributed by atoms with Gasteiger partial charge < -0.3 is 10.8 Å². The molecule has 0 aromatic heterocycles. The van der Waals surface area contributed by atoms with Gasteiger partial charge in [-0.05, 0) is 31.9 Å². The van der Waals surface area contributed by atoms with Gasteiger partial charge in [0.2, 0.25) is 0 Å². The van der Waals surface area contributed by atoms with Gasteiger partial charge in [-0.2, -0.15) is 11.8 Å². The lowest BCUT2D eigenvalue weighted by atomic mass is 9.97. The Morgan fingerprint density at radius 2 is 2.13 bits per heavy atom. The van der Waals surface area contributed by atoms with Gasteiger partial charge in [0.1, 0.15) is 5.54 Å². The highest BCUT2D eigenvalue weighted by Gasteiger charge is 2.26. The molecule has 3 N–H and O–H groups in total. The van der Waals surface area contributed by atoms with E-state index in [1.165, 1.54) is 6.42 Å². The van der Waals surface area contributed by atoms with Crippen molar-refractivity contribution >= 4 is 17.7 Å². The van der Waals surface area contributed by atoms with E-state index in [-0.39, 0.29) is 0 Å². The summed E-state index contributed by atoms with van der Waals surface area (Å²) < 4.78 is 0. The number of unbranched alkanes of at least 4 members (excludes halogenated alkanes) is 1. The molecule has 0 rings (SSSR count). The van der Waals surface area contributed by atoms with E-state index >= 15 is 0 Å². The van der Waals surface area contributed by atoms with Gasteiger partial charge in [-0.15, -0.1) is 0 Å². The average molecular weight is 233 g/mol. The zero-order chi connectivity index (χ0) is 11.9. The lowest BCUT2D eigenvalue weighted by molar-refractivity contribution is -0.142. The molecule has 90 valence electrons. The first-order chi connectivity index (χ1) is 6.90. The molecular weight excluding hydrogens is 210 g/mol. The minimum Gasteiger partial charge on any atom is -0.480 e. The zero-order valence-electron chi connectivity index (χ0n) is 9.95. The molecule has 15 heavy (non-hydrogen) atoms. The van der Waals surface area contributed by atoms with Gasteiger partial charge in [-0.25, -0.2) is 0 Å². The normalized spacial score (nSPS) is 17.1. The van der Waals surface area contributed by atoms with Crippen molar-refractivity contribution in [1.29, 1.82) is 0 Å². The zero-order valence-corrected chi connectivity index (χ0v) is 10.8. The number of hydrogen-bond acceptors (Lipinski definition) is 3. The lowest BCUT2D eigenvalue weighted by Crippen LogP contribution is -2.44. The Morgan fingerprint density at radius 1 is 1.53 bits per heavy atom. The third-order valence-corrected chi connectivity index (χ3v) is 3.98. The van der Waals surface area contributed by atoms with Crippen LogP contribution in [-0.4, -0.2) is 27.6 Å². The molecule has 0 aromatic rings. The summed E-state index contributed by atoms with van der Waals surface area (Å²) in [7, 11) is 0. The quantitative estimate of drug-likeness (QED) is 0.632. The first-order valence-electron chi connectivity index (χ1n) is 5.54. The Labute approximate surface area is 96.8 Å². The molecule has 2 unspecified atom stereocenters. The molecule has 0 aliphatic carbocycles. The molecule has 0 saturated carbocycles. The van der Waals surface area contributed by atoms with Crippen molar-refractivity contribution in [2.75, 3.05) is 5.75 Å². The maximum atomic E-state index is 10.7. The number of nitrogens with two attached hydrogens (primary N) is 1. The molecule has 0 saturated heterocycles. The van der Waals surface area contributed by atoms with Crippen molar-refractivity contribution in [2.24, 2.45) is 5.73 Å². The Bertz CT molecular complexity index is 195. The van der Waals surface area contributed by atoms with Crippen molar-refractivity contribution in [3.8, 4) is 0 Å². The van der Waals surface area contributed by atoms with Crippen LogP contribution in [0.5, 0.6) is 0 Å². The second kappa shape index (κ2) is 7.12. The van der Waals surface area contributed by atoms with Gasteiger partial charge in [0.25, 0.3) is 0 Å². The van der Waals surface area contributed by atoms with E-state index in [0.717, 1.165) is 18.6 Å². The predicted octanol–water partition coefficient (Wildman–Crippen LogP) is 2.49. The highest BCUT2D eigenvalue weighted by molar-refractivity contribution is 7.99. The summed E-state index contributed by atoms with van der Waals surface area (Å²) in [6.45, 7) is 5.98. The Balaban J connectivity index is 3.51. The van der Waals surface area contributed by atoms with Crippen LogP contribution in [0.1, 0.15) is 46.5 Å². The second-order valence-electron chi connectivity index (χ2n) is 4.27. The van der Waals surface area contributed by atoms with E-state index in [1.807, 2.05) is 11.8 Å². The van der Waals surface area contributed by atoms with Gasteiger partial charge in [-0.3, -0.25) is 4.79 Å². The molecule has 0 radical (unpaired) electrons. The van der Waals surface area contributed by atoms with Crippen LogP contribution in [0.2, 0.25) is 0 Å². The molecule has 0 aliphatic rings. The number of carbonyl (C=O) groups is 1. The van der Waals surface area contributed by atoms with Crippen LogP contribution in [0.25, 0.3) is 0 Å². The number of hydrogen-bond donors (Lipinski definition) is 2. The van der Waals surface area contributed by atoms with Crippen LogP contribution in [-0.2, 0) is 4.79 Å². The average Bonchev–Trinajstić information content (AvgIpc) is 2.16. The minimum absolute atomic E-state index is 0.559. The monoisotopic (exact) mass is 233 g/mol. The van der Waals surface area contributed by atoms with Crippen LogP contribution < -0.4 is 5.73 Å². The van der Waals surface area contributed by atoms with Crippen LogP contribution in [0.4, 0.5) is 0 Å². The highest BCUT2D eigenvalue weighted by atomic mass is 32.2. The van der Waals surface area contributed by atoms with Crippen molar-refractivity contribution in [1.82, 2.24) is 0 Å². The highest BCUT2D eigenvalue weighted by Crippen LogP contribution is 2.17. The molecule has 0 fully saturated rings. The topological polar surface area (TPSA) is 63.3 Å². The smallest absolute Gasteiger partial charge is 0.323 e. The summed E-state index contributed by atoms with van der Waals surface area (Å²) in [5.74, 6) is 0.196. The van der Waals surface area contributed by atoms with Crippen molar-refractivity contribution in [3.05, 3.63) is 0 Å². The summed E-state index contributed by atoms with van der Waals surface area (Å²) in [6, 6.07) is 0. The van der Waals surface area contributed by atoms with Gasteiger partial charge >= 0.3 is 5.97 Å². The standard InChI is InChI=1S/C11H23NO2S/c1-4-9(2)15-8-6-5-7-11(3,12)10(13)14/h9H,4-8,12H2,1-3H3,(H,13,14). The van der Waals surface area contributed by atoms with Crippen LogP contribution >= 0.6 is 11.8 Å². The molecule has 0 bridgehead atoms. The lowest BCUT2D eigenvalue weighted by Gasteiger charge is -2.18. The summed E-state index contributed by atoms with van der Waals surface area (Å²) in [5, 5.41) is 9.50.